The molecule has 186 valence electrons. The van der Waals surface area contributed by atoms with Crippen LogP contribution in [0, 0.1) is 11.8 Å². The van der Waals surface area contributed by atoms with E-state index in [1.54, 1.807) is 4.90 Å². The summed E-state index contributed by atoms with van der Waals surface area (Å²) in [6.07, 6.45) is 10.5. The number of hydrogen-bond donors (Lipinski definition) is 2. The number of likely N-dealkylation sites (tertiary alicyclic amines) is 1. The Morgan fingerprint density at radius 1 is 1.03 bits per heavy atom. The molecular weight excluding hydrogens is 442 g/mol. The number of nitrogens with zero attached hydrogens (tertiary/aromatic N) is 1. The van der Waals surface area contributed by atoms with Gasteiger partial charge in [-0.3, -0.25) is 14.4 Å². The van der Waals surface area contributed by atoms with Crippen molar-refractivity contribution in [3.05, 3.63) is 42.0 Å². The zero-order valence-corrected chi connectivity index (χ0v) is 20.5. The summed E-state index contributed by atoms with van der Waals surface area (Å²) in [5.74, 6) is -1.37. The van der Waals surface area contributed by atoms with E-state index in [-0.39, 0.29) is 29.8 Å². The minimum absolute atomic E-state index is 0.0629. The fourth-order valence-corrected chi connectivity index (χ4v) is 6.66. The van der Waals surface area contributed by atoms with Gasteiger partial charge in [0.15, 0.2) is 0 Å². The largest absolute Gasteiger partial charge is 0.359 e. The van der Waals surface area contributed by atoms with Gasteiger partial charge in [0.05, 0.1) is 17.9 Å². The summed E-state index contributed by atoms with van der Waals surface area (Å²) in [7, 11) is 0. The summed E-state index contributed by atoms with van der Waals surface area (Å²) in [6.45, 7) is 4.26. The summed E-state index contributed by atoms with van der Waals surface area (Å²) in [6, 6.07) is 7.34. The average molecular weight is 478 g/mol. The maximum absolute atomic E-state index is 13.8. The summed E-state index contributed by atoms with van der Waals surface area (Å²) >= 11 is 0. The van der Waals surface area contributed by atoms with Gasteiger partial charge in [-0.1, -0.05) is 57.4 Å². The number of amides is 3. The summed E-state index contributed by atoms with van der Waals surface area (Å²) in [5, 5.41) is 6.25. The number of anilines is 1. The van der Waals surface area contributed by atoms with E-state index in [0.717, 1.165) is 38.5 Å². The Kier molecular flexibility index (Phi) is 5.51. The van der Waals surface area contributed by atoms with Crippen molar-refractivity contribution < 1.29 is 19.1 Å². The molecule has 3 aliphatic heterocycles. The topological polar surface area (TPSA) is 87.7 Å². The molecule has 4 fully saturated rings. The van der Waals surface area contributed by atoms with Gasteiger partial charge >= 0.3 is 0 Å². The first kappa shape index (κ1) is 22.8. The van der Waals surface area contributed by atoms with Crippen molar-refractivity contribution in [1.82, 2.24) is 10.2 Å². The van der Waals surface area contributed by atoms with Crippen molar-refractivity contribution in [1.29, 1.82) is 0 Å². The van der Waals surface area contributed by atoms with Crippen molar-refractivity contribution in [2.45, 2.75) is 94.5 Å². The number of hydrogen-bond acceptors (Lipinski definition) is 4. The van der Waals surface area contributed by atoms with Gasteiger partial charge in [-0.25, -0.2) is 0 Å². The van der Waals surface area contributed by atoms with E-state index in [1.807, 2.05) is 36.4 Å². The molecule has 7 heteroatoms. The van der Waals surface area contributed by atoms with E-state index < -0.39 is 29.6 Å². The lowest BCUT2D eigenvalue weighted by molar-refractivity contribution is -0.142. The molecule has 1 spiro atoms. The number of ether oxygens (including phenoxy) is 1. The van der Waals surface area contributed by atoms with Crippen molar-refractivity contribution >= 4 is 23.4 Å². The number of carbonyl (C=O) groups excluding carboxylic acids is 3. The summed E-state index contributed by atoms with van der Waals surface area (Å²) in [4.78, 5) is 42.7. The Morgan fingerprint density at radius 3 is 2.40 bits per heavy atom. The van der Waals surface area contributed by atoms with Gasteiger partial charge in [-0.05, 0) is 49.3 Å². The second-order valence-corrected chi connectivity index (χ2v) is 11.3. The molecule has 1 aromatic rings. The van der Waals surface area contributed by atoms with Crippen molar-refractivity contribution in [3.63, 3.8) is 0 Å². The lowest BCUT2D eigenvalue weighted by Gasteiger charge is -2.34. The molecular formula is C28H35N3O4. The van der Waals surface area contributed by atoms with Gasteiger partial charge in [-0.2, -0.15) is 0 Å². The van der Waals surface area contributed by atoms with Gasteiger partial charge in [-0.15, -0.1) is 0 Å². The van der Waals surface area contributed by atoms with Crippen LogP contribution in [-0.4, -0.2) is 52.5 Å². The Bertz CT molecular complexity index is 1060. The molecule has 3 heterocycles. The monoisotopic (exact) mass is 477 g/mol. The highest BCUT2D eigenvalue weighted by Gasteiger charge is 2.74. The minimum atomic E-state index is -1.06. The second-order valence-electron chi connectivity index (χ2n) is 11.3. The maximum Gasteiger partial charge on any atom is 0.246 e. The lowest BCUT2D eigenvalue weighted by Crippen LogP contribution is -2.57. The van der Waals surface area contributed by atoms with Crippen molar-refractivity contribution in [2.75, 3.05) is 5.32 Å². The normalized spacial score (nSPS) is 33.9. The maximum atomic E-state index is 13.8. The zero-order valence-electron chi connectivity index (χ0n) is 20.5. The summed E-state index contributed by atoms with van der Waals surface area (Å²) < 4.78 is 6.41. The molecule has 6 rings (SSSR count). The Balaban J connectivity index is 1.26. The van der Waals surface area contributed by atoms with Crippen LogP contribution in [0.15, 0.2) is 36.4 Å². The van der Waals surface area contributed by atoms with Crippen molar-refractivity contribution in [3.8, 4) is 0 Å². The molecule has 0 radical (unpaired) electrons. The van der Waals surface area contributed by atoms with Crippen molar-refractivity contribution in [2.24, 2.45) is 11.8 Å². The third-order valence-electron chi connectivity index (χ3n) is 8.60. The third-order valence-corrected chi connectivity index (χ3v) is 8.60. The SMILES string of the molecule is CC(C)c1ccc(NC(=O)[C@@H]2[C@H]3C=C[C@@]4(O3)[C@H]2C(=O)N(C2CC2)[C@@H]4C(=O)NC2CCCCC2)cc1. The Labute approximate surface area is 206 Å². The molecule has 2 saturated heterocycles. The van der Waals surface area contributed by atoms with E-state index in [2.05, 4.69) is 24.5 Å². The van der Waals surface area contributed by atoms with Crippen LogP contribution in [0.1, 0.15) is 70.3 Å². The second kappa shape index (κ2) is 8.47. The fourth-order valence-electron chi connectivity index (χ4n) is 6.66. The zero-order chi connectivity index (χ0) is 24.3. The molecule has 1 aromatic carbocycles. The molecule has 7 nitrogen and oxygen atoms in total. The molecule has 0 unspecified atom stereocenters. The van der Waals surface area contributed by atoms with Crippen LogP contribution in [0.5, 0.6) is 0 Å². The fraction of sp³-hybridized carbons (Fsp3) is 0.607. The quantitative estimate of drug-likeness (QED) is 0.614. The first-order valence-corrected chi connectivity index (χ1v) is 13.3. The molecule has 2 bridgehead atoms. The van der Waals surface area contributed by atoms with Crippen LogP contribution in [0.3, 0.4) is 0 Å². The molecule has 0 aromatic heterocycles. The van der Waals surface area contributed by atoms with Crippen LogP contribution in [0.25, 0.3) is 0 Å². The average Bonchev–Trinajstić information content (AvgIpc) is 3.44. The molecule has 2 saturated carbocycles. The van der Waals surface area contributed by atoms with Gasteiger partial charge in [0.2, 0.25) is 17.7 Å². The predicted molar refractivity (Wildman–Crippen MR) is 132 cm³/mol. The van der Waals surface area contributed by atoms with E-state index in [1.165, 1.54) is 12.0 Å². The molecule has 3 amide bonds. The molecule has 35 heavy (non-hydrogen) atoms. The number of nitrogens with one attached hydrogen (secondary N) is 2. The highest BCUT2D eigenvalue weighted by atomic mass is 16.5. The number of carbonyl (C=O) groups is 3. The summed E-state index contributed by atoms with van der Waals surface area (Å²) in [5.41, 5.74) is 0.842. The first-order valence-electron chi connectivity index (χ1n) is 13.3. The number of rotatable bonds is 6. The molecule has 2 N–H and O–H groups in total. The van der Waals surface area contributed by atoms with Gasteiger partial charge in [0, 0.05) is 17.8 Å². The van der Waals surface area contributed by atoms with E-state index in [0.29, 0.717) is 11.6 Å². The molecule has 5 atom stereocenters. The smallest absolute Gasteiger partial charge is 0.246 e. The highest BCUT2D eigenvalue weighted by molar-refractivity contribution is 6.03. The van der Waals surface area contributed by atoms with E-state index >= 15 is 0 Å². The van der Waals surface area contributed by atoms with E-state index in [4.69, 9.17) is 4.74 Å². The third kappa shape index (κ3) is 3.70. The molecule has 2 aliphatic carbocycles. The molecule has 5 aliphatic rings. The van der Waals surface area contributed by atoms with Crippen LogP contribution in [0.2, 0.25) is 0 Å². The van der Waals surface area contributed by atoms with Gasteiger partial charge in [0.1, 0.15) is 11.6 Å². The van der Waals surface area contributed by atoms with E-state index in [9.17, 15) is 14.4 Å². The van der Waals surface area contributed by atoms with Crippen LogP contribution in [0.4, 0.5) is 5.69 Å². The predicted octanol–water partition coefficient (Wildman–Crippen LogP) is 3.51. The standard InChI is InChI=1S/C28H35N3O4/c1-16(2)17-8-10-19(11-9-17)29-25(32)22-21-14-15-28(35-21)23(22)27(34)31(20-12-13-20)24(28)26(33)30-18-6-4-3-5-7-18/h8-11,14-16,18,20-24H,3-7,12-13H2,1-2H3,(H,29,32)(H,30,33)/t21-,22-,23-,24-,28-/m1/s1. The van der Waals surface area contributed by atoms with Gasteiger partial charge < -0.3 is 20.3 Å². The van der Waals surface area contributed by atoms with Crippen LogP contribution >= 0.6 is 0 Å². The number of fused-ring (bicyclic) bond motifs is 1. The lowest BCUT2D eigenvalue weighted by atomic mass is 9.74. The Morgan fingerprint density at radius 2 is 1.74 bits per heavy atom. The van der Waals surface area contributed by atoms with Crippen LogP contribution < -0.4 is 10.6 Å². The first-order chi connectivity index (χ1) is 16.9. The van der Waals surface area contributed by atoms with Gasteiger partial charge in [0.25, 0.3) is 0 Å². The Hall–Kier alpha value is -2.67. The highest BCUT2D eigenvalue weighted by Crippen LogP contribution is 2.57. The minimum Gasteiger partial charge on any atom is -0.359 e. The number of benzene rings is 1. The van der Waals surface area contributed by atoms with Crippen LogP contribution in [-0.2, 0) is 19.1 Å².